The second-order valence-corrected chi connectivity index (χ2v) is 8.15. The molecule has 0 aliphatic carbocycles. The highest BCUT2D eigenvalue weighted by Gasteiger charge is 2.24. The monoisotopic (exact) mass is 429 g/mol. The standard InChI is InChI=1S/C19H24FN3O3S.ClH/c1-3-19(21,4-2)13-22-27(25,26)17-11-9-16(10-12-17)23-18(24)14-5-7-15(20)8-6-14;/h5-12,22H,3-4,13,21H2,1-2H3,(H,23,24);1H. The van der Waals surface area contributed by atoms with Crippen LogP contribution in [0.15, 0.2) is 53.4 Å². The Kier molecular flexibility index (Phi) is 8.56. The summed E-state index contributed by atoms with van der Waals surface area (Å²) in [6.45, 7) is 3.97. The number of anilines is 1. The molecular weight excluding hydrogens is 405 g/mol. The predicted octanol–water partition coefficient (Wildman–Crippen LogP) is 3.30. The van der Waals surface area contributed by atoms with E-state index in [0.717, 1.165) is 0 Å². The Morgan fingerprint density at radius 1 is 1.04 bits per heavy atom. The van der Waals surface area contributed by atoms with E-state index in [2.05, 4.69) is 10.0 Å². The van der Waals surface area contributed by atoms with Crippen molar-refractivity contribution in [2.24, 2.45) is 5.73 Å². The maximum Gasteiger partial charge on any atom is 0.255 e. The summed E-state index contributed by atoms with van der Waals surface area (Å²) in [7, 11) is -3.70. The van der Waals surface area contributed by atoms with Crippen LogP contribution in [-0.2, 0) is 10.0 Å². The van der Waals surface area contributed by atoms with Gasteiger partial charge in [0.2, 0.25) is 10.0 Å². The van der Waals surface area contributed by atoms with Crippen molar-refractivity contribution in [3.63, 3.8) is 0 Å². The Bertz CT molecular complexity index is 884. The van der Waals surface area contributed by atoms with Crippen LogP contribution in [0.4, 0.5) is 10.1 Å². The van der Waals surface area contributed by atoms with Crippen LogP contribution < -0.4 is 15.8 Å². The Labute approximate surface area is 171 Å². The lowest BCUT2D eigenvalue weighted by Gasteiger charge is -2.26. The third kappa shape index (κ3) is 6.27. The third-order valence-corrected chi connectivity index (χ3v) is 5.97. The molecule has 0 saturated carbocycles. The quantitative estimate of drug-likeness (QED) is 0.599. The van der Waals surface area contributed by atoms with Crippen LogP contribution in [0.25, 0.3) is 0 Å². The number of sulfonamides is 1. The summed E-state index contributed by atoms with van der Waals surface area (Å²) < 4.78 is 40.3. The summed E-state index contributed by atoms with van der Waals surface area (Å²) in [4.78, 5) is 12.2. The van der Waals surface area contributed by atoms with E-state index in [1.165, 1.54) is 48.5 Å². The largest absolute Gasteiger partial charge is 0.324 e. The molecule has 0 spiro atoms. The molecule has 0 aliphatic heterocycles. The molecule has 2 rings (SSSR count). The maximum absolute atomic E-state index is 12.9. The Balaban J connectivity index is 0.00000392. The average molecular weight is 430 g/mol. The van der Waals surface area contributed by atoms with Crippen LogP contribution in [0.1, 0.15) is 37.0 Å². The first-order chi connectivity index (χ1) is 12.7. The molecule has 0 bridgehead atoms. The summed E-state index contributed by atoms with van der Waals surface area (Å²) in [6, 6.07) is 10.9. The van der Waals surface area contributed by atoms with E-state index >= 15 is 0 Å². The predicted molar refractivity (Wildman–Crippen MR) is 111 cm³/mol. The number of carbonyl (C=O) groups is 1. The summed E-state index contributed by atoms with van der Waals surface area (Å²) in [5, 5.41) is 2.63. The second-order valence-electron chi connectivity index (χ2n) is 6.38. The minimum Gasteiger partial charge on any atom is -0.324 e. The van der Waals surface area contributed by atoms with Gasteiger partial charge in [-0.25, -0.2) is 17.5 Å². The van der Waals surface area contributed by atoms with Crippen LogP contribution in [0, 0.1) is 5.82 Å². The van der Waals surface area contributed by atoms with Crippen molar-refractivity contribution < 1.29 is 17.6 Å². The summed E-state index contributed by atoms with van der Waals surface area (Å²) in [5.74, 6) is -0.844. The van der Waals surface area contributed by atoms with Crippen molar-refractivity contribution in [3.8, 4) is 0 Å². The molecule has 0 aromatic heterocycles. The first kappa shape index (κ1) is 24.0. The molecule has 4 N–H and O–H groups in total. The van der Waals surface area contributed by atoms with E-state index in [9.17, 15) is 17.6 Å². The molecule has 0 heterocycles. The van der Waals surface area contributed by atoms with Gasteiger partial charge in [0.15, 0.2) is 0 Å². The minimum absolute atomic E-state index is 0. The van der Waals surface area contributed by atoms with E-state index in [0.29, 0.717) is 24.1 Å². The van der Waals surface area contributed by atoms with Crippen LogP contribution in [0.2, 0.25) is 0 Å². The molecule has 0 unspecified atom stereocenters. The minimum atomic E-state index is -3.70. The van der Waals surface area contributed by atoms with E-state index in [-0.39, 0.29) is 23.8 Å². The van der Waals surface area contributed by atoms with Crippen molar-refractivity contribution in [2.45, 2.75) is 37.1 Å². The zero-order chi connectivity index (χ0) is 20.1. The van der Waals surface area contributed by atoms with Gasteiger partial charge in [-0.15, -0.1) is 12.4 Å². The van der Waals surface area contributed by atoms with Crippen molar-refractivity contribution in [3.05, 3.63) is 59.9 Å². The lowest BCUT2D eigenvalue weighted by atomic mass is 9.95. The van der Waals surface area contributed by atoms with Gasteiger partial charge in [-0.1, -0.05) is 13.8 Å². The fourth-order valence-electron chi connectivity index (χ4n) is 2.34. The number of hydrogen-bond donors (Lipinski definition) is 3. The number of benzene rings is 2. The van der Waals surface area contributed by atoms with Gasteiger partial charge in [-0.05, 0) is 61.4 Å². The van der Waals surface area contributed by atoms with E-state index in [1.807, 2.05) is 13.8 Å². The summed E-state index contributed by atoms with van der Waals surface area (Å²) in [5.41, 5.74) is 6.27. The SMILES string of the molecule is CCC(N)(CC)CNS(=O)(=O)c1ccc(NC(=O)c2ccc(F)cc2)cc1.Cl. The zero-order valence-corrected chi connectivity index (χ0v) is 17.4. The summed E-state index contributed by atoms with van der Waals surface area (Å²) in [6.07, 6.45) is 1.31. The molecule has 0 atom stereocenters. The van der Waals surface area contributed by atoms with Gasteiger partial charge in [-0.2, -0.15) is 0 Å². The number of nitrogens with one attached hydrogen (secondary N) is 2. The zero-order valence-electron chi connectivity index (χ0n) is 15.7. The average Bonchev–Trinajstić information content (AvgIpc) is 2.67. The molecular formula is C19H25ClFN3O3S. The van der Waals surface area contributed by atoms with Crippen molar-refractivity contribution >= 4 is 34.0 Å². The van der Waals surface area contributed by atoms with Gasteiger partial charge in [0.05, 0.1) is 4.90 Å². The third-order valence-electron chi connectivity index (χ3n) is 4.55. The van der Waals surface area contributed by atoms with Gasteiger partial charge in [0, 0.05) is 23.3 Å². The maximum atomic E-state index is 12.9. The molecule has 2 aromatic rings. The first-order valence-corrected chi connectivity index (χ1v) is 10.1. The lowest BCUT2D eigenvalue weighted by Crippen LogP contribution is -2.49. The molecule has 0 radical (unpaired) electrons. The molecule has 9 heteroatoms. The smallest absolute Gasteiger partial charge is 0.255 e. The van der Waals surface area contributed by atoms with Gasteiger partial charge < -0.3 is 11.1 Å². The van der Waals surface area contributed by atoms with Crippen LogP contribution in [-0.4, -0.2) is 26.4 Å². The normalized spacial score (nSPS) is 11.6. The van der Waals surface area contributed by atoms with Crippen molar-refractivity contribution in [2.75, 3.05) is 11.9 Å². The Morgan fingerprint density at radius 2 is 1.57 bits per heavy atom. The Hall–Kier alpha value is -2.00. The number of hydrogen-bond acceptors (Lipinski definition) is 4. The molecule has 0 fully saturated rings. The molecule has 1 amide bonds. The second kappa shape index (κ2) is 9.97. The molecule has 2 aromatic carbocycles. The van der Waals surface area contributed by atoms with Crippen LogP contribution in [0.3, 0.4) is 0 Å². The van der Waals surface area contributed by atoms with Gasteiger partial charge in [0.1, 0.15) is 5.82 Å². The van der Waals surface area contributed by atoms with E-state index < -0.39 is 27.3 Å². The number of nitrogens with two attached hydrogens (primary N) is 1. The molecule has 0 saturated heterocycles. The number of amides is 1. The number of rotatable bonds is 8. The first-order valence-electron chi connectivity index (χ1n) is 8.64. The number of halogens is 2. The Morgan fingerprint density at radius 3 is 2.07 bits per heavy atom. The van der Waals surface area contributed by atoms with Crippen molar-refractivity contribution in [1.82, 2.24) is 4.72 Å². The highest BCUT2D eigenvalue weighted by atomic mass is 35.5. The van der Waals surface area contributed by atoms with Crippen LogP contribution >= 0.6 is 12.4 Å². The molecule has 6 nitrogen and oxygen atoms in total. The fourth-order valence-corrected chi connectivity index (χ4v) is 3.48. The topological polar surface area (TPSA) is 101 Å². The lowest BCUT2D eigenvalue weighted by molar-refractivity contribution is 0.102. The van der Waals surface area contributed by atoms with Gasteiger partial charge in [0.25, 0.3) is 5.91 Å². The van der Waals surface area contributed by atoms with Crippen LogP contribution in [0.5, 0.6) is 0 Å². The highest BCUT2D eigenvalue weighted by molar-refractivity contribution is 7.89. The molecule has 154 valence electrons. The fraction of sp³-hybridized carbons (Fsp3) is 0.316. The number of carbonyl (C=O) groups excluding carboxylic acids is 1. The van der Waals surface area contributed by atoms with E-state index in [1.54, 1.807) is 0 Å². The molecule has 0 aliphatic rings. The van der Waals surface area contributed by atoms with Crippen molar-refractivity contribution in [1.29, 1.82) is 0 Å². The summed E-state index contributed by atoms with van der Waals surface area (Å²) >= 11 is 0. The highest BCUT2D eigenvalue weighted by Crippen LogP contribution is 2.17. The van der Waals surface area contributed by atoms with Gasteiger partial charge >= 0.3 is 0 Å². The molecule has 28 heavy (non-hydrogen) atoms. The van der Waals surface area contributed by atoms with Gasteiger partial charge in [-0.3, -0.25) is 4.79 Å². The van der Waals surface area contributed by atoms with E-state index in [4.69, 9.17) is 5.73 Å².